The van der Waals surface area contributed by atoms with Crippen LogP contribution in [0.2, 0.25) is 0 Å². The van der Waals surface area contributed by atoms with Gasteiger partial charge in [-0.15, -0.1) is 0 Å². The lowest BCUT2D eigenvalue weighted by Gasteiger charge is -2.50. The Morgan fingerprint density at radius 2 is 2.06 bits per heavy atom. The zero-order valence-corrected chi connectivity index (χ0v) is 11.4. The Hall–Kier alpha value is -0.590. The SMILES string of the molecule is CN1CCCC(C(N(C)C)C2(C#N)CCC2)C1. The van der Waals surface area contributed by atoms with E-state index in [0.717, 1.165) is 19.4 Å². The topological polar surface area (TPSA) is 30.3 Å². The Morgan fingerprint density at radius 1 is 1.35 bits per heavy atom. The van der Waals surface area contributed by atoms with Crippen molar-refractivity contribution < 1.29 is 0 Å². The van der Waals surface area contributed by atoms with Gasteiger partial charge in [0.2, 0.25) is 0 Å². The minimum Gasteiger partial charge on any atom is -0.306 e. The van der Waals surface area contributed by atoms with E-state index in [2.05, 4.69) is 37.0 Å². The molecule has 0 radical (unpaired) electrons. The van der Waals surface area contributed by atoms with Crippen LogP contribution in [-0.4, -0.2) is 50.1 Å². The average molecular weight is 235 g/mol. The lowest BCUT2D eigenvalue weighted by molar-refractivity contribution is 0.00872. The summed E-state index contributed by atoms with van der Waals surface area (Å²) < 4.78 is 0. The van der Waals surface area contributed by atoms with Crippen molar-refractivity contribution in [2.75, 3.05) is 34.2 Å². The number of rotatable bonds is 3. The second-order valence-electron chi connectivity index (χ2n) is 6.19. The number of nitrogens with zero attached hydrogens (tertiary/aromatic N) is 3. The third-order valence-corrected chi connectivity index (χ3v) is 4.70. The molecule has 17 heavy (non-hydrogen) atoms. The quantitative estimate of drug-likeness (QED) is 0.749. The Balaban J connectivity index is 2.14. The molecule has 0 spiro atoms. The fourth-order valence-corrected chi connectivity index (χ4v) is 3.86. The molecule has 2 unspecified atom stereocenters. The van der Waals surface area contributed by atoms with E-state index in [1.807, 2.05) is 0 Å². The van der Waals surface area contributed by atoms with E-state index in [4.69, 9.17) is 0 Å². The molecule has 2 aliphatic rings. The van der Waals surface area contributed by atoms with Gasteiger partial charge in [-0.3, -0.25) is 0 Å². The van der Waals surface area contributed by atoms with Crippen LogP contribution in [0.15, 0.2) is 0 Å². The molecule has 0 N–H and O–H groups in total. The normalized spacial score (nSPS) is 30.6. The maximum Gasteiger partial charge on any atom is 0.0732 e. The molecule has 0 aromatic heterocycles. The molecular weight excluding hydrogens is 210 g/mol. The van der Waals surface area contributed by atoms with Crippen molar-refractivity contribution in [3.63, 3.8) is 0 Å². The summed E-state index contributed by atoms with van der Waals surface area (Å²) in [7, 11) is 6.51. The van der Waals surface area contributed by atoms with Crippen LogP contribution < -0.4 is 0 Å². The molecule has 0 amide bonds. The van der Waals surface area contributed by atoms with Crippen LogP contribution >= 0.6 is 0 Å². The maximum atomic E-state index is 9.56. The van der Waals surface area contributed by atoms with E-state index in [1.54, 1.807) is 0 Å². The molecule has 0 aromatic carbocycles. The molecule has 1 heterocycles. The van der Waals surface area contributed by atoms with Crippen molar-refractivity contribution in [2.45, 2.75) is 38.1 Å². The summed E-state index contributed by atoms with van der Waals surface area (Å²) in [5.74, 6) is 0.670. The van der Waals surface area contributed by atoms with E-state index in [9.17, 15) is 5.26 Å². The van der Waals surface area contributed by atoms with Crippen LogP contribution in [0.25, 0.3) is 0 Å². The van der Waals surface area contributed by atoms with Gasteiger partial charge in [0, 0.05) is 12.6 Å². The van der Waals surface area contributed by atoms with Crippen molar-refractivity contribution in [1.29, 1.82) is 5.26 Å². The molecule has 96 valence electrons. The summed E-state index contributed by atoms with van der Waals surface area (Å²) >= 11 is 0. The van der Waals surface area contributed by atoms with E-state index in [1.165, 1.54) is 25.8 Å². The van der Waals surface area contributed by atoms with Gasteiger partial charge in [-0.25, -0.2) is 0 Å². The smallest absolute Gasteiger partial charge is 0.0732 e. The summed E-state index contributed by atoms with van der Waals surface area (Å²) in [5, 5.41) is 9.56. The Bertz CT molecular complexity index is 301. The standard InChI is InChI=1S/C14H25N3/c1-16(2)13(14(11-15)7-5-8-14)12-6-4-9-17(3)10-12/h12-13H,4-10H2,1-3H3. The predicted octanol–water partition coefficient (Wildman–Crippen LogP) is 1.95. The van der Waals surface area contributed by atoms with Gasteiger partial charge in [0.1, 0.15) is 0 Å². The molecule has 1 saturated heterocycles. The van der Waals surface area contributed by atoms with Crippen LogP contribution in [0, 0.1) is 22.7 Å². The first-order chi connectivity index (χ1) is 8.09. The van der Waals surface area contributed by atoms with Crippen LogP contribution in [0.5, 0.6) is 0 Å². The van der Waals surface area contributed by atoms with Crippen molar-refractivity contribution in [2.24, 2.45) is 11.3 Å². The van der Waals surface area contributed by atoms with E-state index in [-0.39, 0.29) is 5.41 Å². The summed E-state index contributed by atoms with van der Waals surface area (Å²) in [6.45, 7) is 2.38. The van der Waals surface area contributed by atoms with Gasteiger partial charge in [0.15, 0.2) is 0 Å². The van der Waals surface area contributed by atoms with E-state index >= 15 is 0 Å². The molecule has 2 fully saturated rings. The third kappa shape index (κ3) is 2.34. The predicted molar refractivity (Wildman–Crippen MR) is 69.6 cm³/mol. The molecule has 0 aromatic rings. The molecule has 2 rings (SSSR count). The second kappa shape index (κ2) is 4.96. The first-order valence-electron chi connectivity index (χ1n) is 6.85. The minimum absolute atomic E-state index is 0.0493. The fourth-order valence-electron chi connectivity index (χ4n) is 3.86. The number of likely N-dealkylation sites (tertiary alicyclic amines) is 1. The van der Waals surface area contributed by atoms with E-state index in [0.29, 0.717) is 12.0 Å². The zero-order valence-electron chi connectivity index (χ0n) is 11.4. The second-order valence-corrected chi connectivity index (χ2v) is 6.19. The van der Waals surface area contributed by atoms with Crippen LogP contribution in [0.4, 0.5) is 0 Å². The molecular formula is C14H25N3. The lowest BCUT2D eigenvalue weighted by Crippen LogP contribution is -2.55. The van der Waals surface area contributed by atoms with Crippen molar-refractivity contribution in [3.05, 3.63) is 0 Å². The fraction of sp³-hybridized carbons (Fsp3) is 0.929. The molecule has 3 nitrogen and oxygen atoms in total. The van der Waals surface area contributed by atoms with Gasteiger partial charge < -0.3 is 9.80 Å². The van der Waals surface area contributed by atoms with Crippen molar-refractivity contribution >= 4 is 0 Å². The highest BCUT2D eigenvalue weighted by molar-refractivity contribution is 5.13. The van der Waals surface area contributed by atoms with Crippen molar-refractivity contribution in [1.82, 2.24) is 9.80 Å². The summed E-state index contributed by atoms with van der Waals surface area (Å²) in [6, 6.07) is 3.10. The van der Waals surface area contributed by atoms with Gasteiger partial charge in [-0.05, 0) is 59.3 Å². The number of hydrogen-bond acceptors (Lipinski definition) is 3. The average Bonchev–Trinajstić information content (AvgIpc) is 2.22. The minimum atomic E-state index is -0.0493. The molecule has 2 atom stereocenters. The van der Waals surface area contributed by atoms with Crippen LogP contribution in [0.1, 0.15) is 32.1 Å². The molecule has 3 heteroatoms. The summed E-state index contributed by atoms with van der Waals surface area (Å²) in [6.07, 6.45) is 6.02. The summed E-state index contributed by atoms with van der Waals surface area (Å²) in [5.41, 5.74) is -0.0493. The highest BCUT2D eigenvalue weighted by Crippen LogP contribution is 2.48. The van der Waals surface area contributed by atoms with Gasteiger partial charge in [-0.1, -0.05) is 6.42 Å². The zero-order chi connectivity index (χ0) is 12.5. The molecule has 1 aliphatic carbocycles. The van der Waals surface area contributed by atoms with Gasteiger partial charge in [-0.2, -0.15) is 5.26 Å². The molecule has 1 saturated carbocycles. The van der Waals surface area contributed by atoms with Crippen molar-refractivity contribution in [3.8, 4) is 6.07 Å². The summed E-state index contributed by atoms with van der Waals surface area (Å²) in [4.78, 5) is 4.74. The van der Waals surface area contributed by atoms with Gasteiger partial charge in [0.25, 0.3) is 0 Å². The Morgan fingerprint density at radius 3 is 2.47 bits per heavy atom. The maximum absolute atomic E-state index is 9.56. The third-order valence-electron chi connectivity index (χ3n) is 4.70. The Labute approximate surface area is 105 Å². The van der Waals surface area contributed by atoms with E-state index < -0.39 is 0 Å². The highest BCUT2D eigenvalue weighted by Gasteiger charge is 2.49. The number of piperidine rings is 1. The first kappa shape index (κ1) is 12.9. The Kier molecular flexibility index (Phi) is 3.75. The van der Waals surface area contributed by atoms with Crippen LogP contribution in [0.3, 0.4) is 0 Å². The highest BCUT2D eigenvalue weighted by atomic mass is 15.2. The largest absolute Gasteiger partial charge is 0.306 e. The first-order valence-corrected chi connectivity index (χ1v) is 6.85. The molecule has 1 aliphatic heterocycles. The lowest BCUT2D eigenvalue weighted by atomic mass is 9.60. The number of hydrogen-bond donors (Lipinski definition) is 0. The molecule has 0 bridgehead atoms. The monoisotopic (exact) mass is 235 g/mol. The number of nitriles is 1. The van der Waals surface area contributed by atoms with Gasteiger partial charge in [0.05, 0.1) is 11.5 Å². The van der Waals surface area contributed by atoms with Crippen LogP contribution in [-0.2, 0) is 0 Å². The van der Waals surface area contributed by atoms with Gasteiger partial charge >= 0.3 is 0 Å².